The van der Waals surface area contributed by atoms with Gasteiger partial charge in [0.25, 0.3) is 0 Å². The number of anilines is 1. The number of allylic oxidation sites excluding steroid dienone is 1. The molecule has 0 saturated heterocycles. The van der Waals surface area contributed by atoms with Gasteiger partial charge in [0.2, 0.25) is 0 Å². The van der Waals surface area contributed by atoms with Crippen LogP contribution in [0.5, 0.6) is 0 Å². The van der Waals surface area contributed by atoms with E-state index in [2.05, 4.69) is 49.6 Å². The van der Waals surface area contributed by atoms with Crippen molar-refractivity contribution in [1.82, 2.24) is 5.01 Å². The first-order valence-electron chi connectivity index (χ1n) is 5.25. The van der Waals surface area contributed by atoms with Crippen molar-refractivity contribution in [3.05, 3.63) is 42.1 Å². The second kappa shape index (κ2) is 5.34. The minimum Gasteiger partial charge on any atom is -1.00 e. The molecule has 1 aliphatic heterocycles. The molecular formula is C12H18ClN3. The quantitative estimate of drug-likeness (QED) is 0.606. The second-order valence-corrected chi connectivity index (χ2v) is 4.00. The third-order valence-corrected chi connectivity index (χ3v) is 3.01. The van der Waals surface area contributed by atoms with E-state index in [1.807, 2.05) is 18.2 Å². The average Bonchev–Trinajstić information content (AvgIpc) is 2.48. The molecule has 0 fully saturated rings. The third-order valence-electron chi connectivity index (χ3n) is 3.01. The van der Waals surface area contributed by atoms with E-state index in [-0.39, 0.29) is 18.6 Å². The SMILES string of the molecule is CC1=CC(Nc2ccccc2)N(C)[NH+]1C.[Cl-]. The molecule has 3 nitrogen and oxygen atoms in total. The predicted octanol–water partition coefficient (Wildman–Crippen LogP) is -2.29. The molecule has 2 unspecified atom stereocenters. The molecule has 2 N–H and O–H groups in total. The molecule has 1 aliphatic rings. The van der Waals surface area contributed by atoms with Gasteiger partial charge in [-0.25, -0.2) is 5.01 Å². The van der Waals surface area contributed by atoms with Crippen molar-refractivity contribution in [2.45, 2.75) is 13.1 Å². The van der Waals surface area contributed by atoms with E-state index >= 15 is 0 Å². The fraction of sp³-hybridized carbons (Fsp3) is 0.333. The molecular weight excluding hydrogens is 222 g/mol. The van der Waals surface area contributed by atoms with Crippen LogP contribution >= 0.6 is 0 Å². The van der Waals surface area contributed by atoms with Crippen LogP contribution in [0.2, 0.25) is 0 Å². The topological polar surface area (TPSA) is 19.7 Å². The molecule has 1 aromatic carbocycles. The van der Waals surface area contributed by atoms with Gasteiger partial charge in [0.05, 0.1) is 7.05 Å². The lowest BCUT2D eigenvalue weighted by molar-refractivity contribution is -0.956. The number of rotatable bonds is 2. The van der Waals surface area contributed by atoms with Crippen LogP contribution in [0.15, 0.2) is 42.1 Å². The zero-order valence-electron chi connectivity index (χ0n) is 9.87. The Morgan fingerprint density at radius 3 is 2.38 bits per heavy atom. The Morgan fingerprint density at radius 2 is 1.88 bits per heavy atom. The fourth-order valence-electron chi connectivity index (χ4n) is 1.80. The highest BCUT2D eigenvalue weighted by Crippen LogP contribution is 2.10. The number of hydrogen-bond acceptors (Lipinski definition) is 2. The van der Waals surface area contributed by atoms with Crippen LogP contribution in [0.4, 0.5) is 5.69 Å². The minimum absolute atomic E-state index is 0. The summed E-state index contributed by atoms with van der Waals surface area (Å²) in [6.45, 7) is 2.15. The number of nitrogens with one attached hydrogen (secondary N) is 2. The number of nitrogens with zero attached hydrogens (tertiary/aromatic N) is 1. The average molecular weight is 240 g/mol. The monoisotopic (exact) mass is 239 g/mol. The third kappa shape index (κ3) is 2.55. The summed E-state index contributed by atoms with van der Waals surface area (Å²) in [5, 5.41) is 7.07. The first kappa shape index (κ1) is 13.0. The maximum absolute atomic E-state index is 3.48. The van der Waals surface area contributed by atoms with Crippen LogP contribution in [0.3, 0.4) is 0 Å². The molecule has 1 aromatic rings. The van der Waals surface area contributed by atoms with E-state index in [9.17, 15) is 0 Å². The maximum atomic E-state index is 3.48. The van der Waals surface area contributed by atoms with Gasteiger partial charge < -0.3 is 17.7 Å². The summed E-state index contributed by atoms with van der Waals surface area (Å²) in [6, 6.07) is 10.3. The van der Waals surface area contributed by atoms with Crippen molar-refractivity contribution in [3.8, 4) is 0 Å². The molecule has 0 radical (unpaired) electrons. The van der Waals surface area contributed by atoms with Gasteiger partial charge in [-0.05, 0) is 12.1 Å². The number of hydrogen-bond donors (Lipinski definition) is 2. The van der Waals surface area contributed by atoms with Crippen molar-refractivity contribution in [1.29, 1.82) is 0 Å². The second-order valence-electron chi connectivity index (χ2n) is 4.00. The predicted molar refractivity (Wildman–Crippen MR) is 62.3 cm³/mol. The molecule has 1 heterocycles. The molecule has 16 heavy (non-hydrogen) atoms. The molecule has 0 bridgehead atoms. The Bertz CT molecular complexity index is 364. The Hall–Kier alpha value is -1.03. The van der Waals surface area contributed by atoms with Crippen molar-refractivity contribution < 1.29 is 17.4 Å². The summed E-state index contributed by atoms with van der Waals surface area (Å²) in [6.07, 6.45) is 2.54. The normalized spacial score (nSPS) is 24.8. The van der Waals surface area contributed by atoms with E-state index in [1.54, 1.807) is 0 Å². The van der Waals surface area contributed by atoms with Gasteiger partial charge in [0.15, 0.2) is 6.17 Å². The molecule has 0 spiro atoms. The summed E-state index contributed by atoms with van der Waals surface area (Å²) in [7, 11) is 4.27. The van der Waals surface area contributed by atoms with E-state index in [4.69, 9.17) is 0 Å². The van der Waals surface area contributed by atoms with Crippen LogP contribution in [-0.2, 0) is 0 Å². The Labute approximate surface area is 103 Å². The van der Waals surface area contributed by atoms with Crippen LogP contribution in [-0.4, -0.2) is 25.3 Å². The highest BCUT2D eigenvalue weighted by Gasteiger charge is 2.28. The van der Waals surface area contributed by atoms with E-state index in [1.165, 1.54) is 10.7 Å². The largest absolute Gasteiger partial charge is 1.00 e. The van der Waals surface area contributed by atoms with Crippen molar-refractivity contribution >= 4 is 5.69 Å². The fourth-order valence-corrected chi connectivity index (χ4v) is 1.80. The standard InChI is InChI=1S/C12H17N3.ClH/c1-10-9-12(15(3)14(10)2)13-11-7-5-4-6-8-11;/h4-9,12-13H,1-3H3;1H. The zero-order valence-corrected chi connectivity index (χ0v) is 10.6. The molecule has 0 saturated carbocycles. The molecule has 4 heteroatoms. The molecule has 0 amide bonds. The molecule has 2 rings (SSSR count). The van der Waals surface area contributed by atoms with E-state index in [0.717, 1.165) is 5.69 Å². The van der Waals surface area contributed by atoms with Crippen molar-refractivity contribution in [2.75, 3.05) is 19.4 Å². The first-order chi connectivity index (χ1) is 7.18. The highest BCUT2D eigenvalue weighted by molar-refractivity contribution is 5.44. The van der Waals surface area contributed by atoms with Gasteiger partial charge in [-0.15, -0.1) is 5.01 Å². The van der Waals surface area contributed by atoms with Gasteiger partial charge in [-0.3, -0.25) is 0 Å². The first-order valence-corrected chi connectivity index (χ1v) is 5.25. The summed E-state index contributed by atoms with van der Waals surface area (Å²) < 4.78 is 0. The summed E-state index contributed by atoms with van der Waals surface area (Å²) in [5.74, 6) is 0. The number of benzene rings is 1. The highest BCUT2D eigenvalue weighted by atomic mass is 35.5. The van der Waals surface area contributed by atoms with Gasteiger partial charge >= 0.3 is 0 Å². The van der Waals surface area contributed by atoms with Crippen LogP contribution in [0, 0.1) is 0 Å². The lowest BCUT2D eigenvalue weighted by atomic mass is 10.3. The van der Waals surface area contributed by atoms with E-state index in [0.29, 0.717) is 0 Å². The lowest BCUT2D eigenvalue weighted by Gasteiger charge is -2.23. The number of quaternary nitrogens is 1. The Balaban J connectivity index is 0.00000128. The maximum Gasteiger partial charge on any atom is 0.151 e. The zero-order chi connectivity index (χ0) is 10.8. The van der Waals surface area contributed by atoms with E-state index < -0.39 is 0 Å². The summed E-state index contributed by atoms with van der Waals surface area (Å²) in [5.41, 5.74) is 2.51. The van der Waals surface area contributed by atoms with Gasteiger partial charge in [0.1, 0.15) is 5.70 Å². The summed E-state index contributed by atoms with van der Waals surface area (Å²) >= 11 is 0. The van der Waals surface area contributed by atoms with Gasteiger partial charge in [-0.2, -0.15) is 0 Å². The lowest BCUT2D eigenvalue weighted by Crippen LogP contribution is -3.12. The smallest absolute Gasteiger partial charge is 0.151 e. The van der Waals surface area contributed by atoms with Crippen LogP contribution in [0.1, 0.15) is 6.92 Å². The molecule has 0 aromatic heterocycles. The minimum atomic E-state index is 0. The van der Waals surface area contributed by atoms with Crippen molar-refractivity contribution in [3.63, 3.8) is 0 Å². The van der Waals surface area contributed by atoms with Gasteiger partial charge in [0, 0.05) is 25.7 Å². The van der Waals surface area contributed by atoms with Crippen LogP contribution in [0.25, 0.3) is 0 Å². The molecule has 88 valence electrons. The van der Waals surface area contributed by atoms with Crippen molar-refractivity contribution in [2.24, 2.45) is 0 Å². The molecule has 2 atom stereocenters. The van der Waals surface area contributed by atoms with Gasteiger partial charge in [-0.1, -0.05) is 18.2 Å². The van der Waals surface area contributed by atoms with Crippen LogP contribution < -0.4 is 22.7 Å². The molecule has 0 aliphatic carbocycles. The number of halogens is 1. The Kier molecular flexibility index (Phi) is 4.35. The Morgan fingerprint density at radius 1 is 1.25 bits per heavy atom. The summed E-state index contributed by atoms with van der Waals surface area (Å²) in [4.78, 5) is 0. The number of para-hydroxylation sites is 1. The number of likely N-dealkylation sites (N-methyl/N-ethyl adjacent to an activating group) is 1.